The quantitative estimate of drug-likeness (QED) is 0.871. The normalized spacial score (nSPS) is 19.9. The Labute approximate surface area is 102 Å². The van der Waals surface area contributed by atoms with Crippen molar-refractivity contribution in [2.45, 2.75) is 26.2 Å². The molecule has 1 heterocycles. The molecule has 1 amide bonds. The zero-order valence-electron chi connectivity index (χ0n) is 10.2. The summed E-state index contributed by atoms with van der Waals surface area (Å²) in [4.78, 5) is 11.9. The van der Waals surface area contributed by atoms with E-state index < -0.39 is 0 Å². The molecule has 2 rings (SSSR count). The molecule has 0 saturated carbocycles. The van der Waals surface area contributed by atoms with Crippen LogP contribution in [0, 0.1) is 12.8 Å². The highest BCUT2D eigenvalue weighted by atomic mass is 16.5. The predicted octanol–water partition coefficient (Wildman–Crippen LogP) is 2.75. The minimum absolute atomic E-state index is 0.0924. The Kier molecular flexibility index (Phi) is 4.15. The van der Waals surface area contributed by atoms with Crippen molar-refractivity contribution < 1.29 is 9.53 Å². The first-order valence-electron chi connectivity index (χ1n) is 6.19. The second-order valence-corrected chi connectivity index (χ2v) is 4.65. The highest BCUT2D eigenvalue weighted by molar-refractivity contribution is 5.91. The van der Waals surface area contributed by atoms with E-state index in [0.29, 0.717) is 12.3 Å². The van der Waals surface area contributed by atoms with Gasteiger partial charge in [0.05, 0.1) is 0 Å². The SMILES string of the molecule is Cc1ccccc1NC(=O)CC1CCCOC1. The molecule has 1 aliphatic heterocycles. The number of ether oxygens (including phenoxy) is 1. The minimum atomic E-state index is 0.0924. The molecule has 17 heavy (non-hydrogen) atoms. The second-order valence-electron chi connectivity index (χ2n) is 4.65. The molecule has 0 aromatic heterocycles. The Balaban J connectivity index is 1.86. The molecule has 1 fully saturated rings. The fourth-order valence-electron chi connectivity index (χ4n) is 2.14. The van der Waals surface area contributed by atoms with E-state index in [1.165, 1.54) is 0 Å². The Hall–Kier alpha value is -1.35. The molecule has 3 nitrogen and oxygen atoms in total. The van der Waals surface area contributed by atoms with Crippen LogP contribution >= 0.6 is 0 Å². The van der Waals surface area contributed by atoms with Crippen LogP contribution in [0.25, 0.3) is 0 Å². The van der Waals surface area contributed by atoms with Gasteiger partial charge in [-0.05, 0) is 37.3 Å². The van der Waals surface area contributed by atoms with E-state index >= 15 is 0 Å². The average molecular weight is 233 g/mol. The van der Waals surface area contributed by atoms with Crippen LogP contribution in [0.1, 0.15) is 24.8 Å². The lowest BCUT2D eigenvalue weighted by molar-refractivity contribution is -0.118. The maximum atomic E-state index is 11.9. The number of benzene rings is 1. The summed E-state index contributed by atoms with van der Waals surface area (Å²) in [5, 5.41) is 2.96. The van der Waals surface area contributed by atoms with E-state index in [4.69, 9.17) is 4.74 Å². The number of aryl methyl sites for hydroxylation is 1. The van der Waals surface area contributed by atoms with Crippen molar-refractivity contribution in [2.24, 2.45) is 5.92 Å². The third kappa shape index (κ3) is 3.56. The van der Waals surface area contributed by atoms with E-state index in [2.05, 4.69) is 5.32 Å². The van der Waals surface area contributed by atoms with Gasteiger partial charge in [0.2, 0.25) is 5.91 Å². The first-order valence-corrected chi connectivity index (χ1v) is 6.19. The highest BCUT2D eigenvalue weighted by Gasteiger charge is 2.17. The monoisotopic (exact) mass is 233 g/mol. The molecular weight excluding hydrogens is 214 g/mol. The van der Waals surface area contributed by atoms with Crippen LogP contribution in [-0.2, 0) is 9.53 Å². The van der Waals surface area contributed by atoms with Crippen LogP contribution in [0.15, 0.2) is 24.3 Å². The number of anilines is 1. The van der Waals surface area contributed by atoms with Gasteiger partial charge in [-0.2, -0.15) is 0 Å². The van der Waals surface area contributed by atoms with Crippen molar-refractivity contribution in [1.82, 2.24) is 0 Å². The zero-order valence-corrected chi connectivity index (χ0v) is 10.2. The predicted molar refractivity (Wildman–Crippen MR) is 68.0 cm³/mol. The summed E-state index contributed by atoms with van der Waals surface area (Å²) in [6, 6.07) is 7.84. The van der Waals surface area contributed by atoms with Crippen LogP contribution in [0.4, 0.5) is 5.69 Å². The number of carbonyl (C=O) groups excluding carboxylic acids is 1. The lowest BCUT2D eigenvalue weighted by atomic mass is 9.98. The van der Waals surface area contributed by atoms with Crippen molar-refractivity contribution in [2.75, 3.05) is 18.5 Å². The minimum Gasteiger partial charge on any atom is -0.381 e. The number of amides is 1. The van der Waals surface area contributed by atoms with E-state index in [-0.39, 0.29) is 5.91 Å². The van der Waals surface area contributed by atoms with Crippen molar-refractivity contribution >= 4 is 11.6 Å². The second kappa shape index (κ2) is 5.82. The van der Waals surface area contributed by atoms with Gasteiger partial charge in [0.25, 0.3) is 0 Å². The molecule has 0 bridgehead atoms. The largest absolute Gasteiger partial charge is 0.381 e. The van der Waals surface area contributed by atoms with Gasteiger partial charge in [-0.3, -0.25) is 4.79 Å². The third-order valence-electron chi connectivity index (χ3n) is 3.15. The van der Waals surface area contributed by atoms with Crippen LogP contribution in [-0.4, -0.2) is 19.1 Å². The Morgan fingerprint density at radius 2 is 2.29 bits per heavy atom. The summed E-state index contributed by atoms with van der Waals surface area (Å²) in [5.74, 6) is 0.475. The van der Waals surface area contributed by atoms with E-state index in [9.17, 15) is 4.79 Å². The lowest BCUT2D eigenvalue weighted by Crippen LogP contribution is -2.23. The van der Waals surface area contributed by atoms with Gasteiger partial charge >= 0.3 is 0 Å². The maximum absolute atomic E-state index is 11.9. The molecule has 0 aliphatic carbocycles. The van der Waals surface area contributed by atoms with E-state index in [1.54, 1.807) is 0 Å². The molecule has 1 aromatic carbocycles. The number of hydrogen-bond acceptors (Lipinski definition) is 2. The third-order valence-corrected chi connectivity index (χ3v) is 3.15. The van der Waals surface area contributed by atoms with Crippen LogP contribution in [0.2, 0.25) is 0 Å². The number of carbonyl (C=O) groups is 1. The molecule has 1 N–H and O–H groups in total. The van der Waals surface area contributed by atoms with Gasteiger partial charge in [-0.25, -0.2) is 0 Å². The molecule has 0 radical (unpaired) electrons. The number of hydrogen-bond donors (Lipinski definition) is 1. The van der Waals surface area contributed by atoms with E-state index in [1.807, 2.05) is 31.2 Å². The van der Waals surface area contributed by atoms with Gasteiger partial charge in [-0.1, -0.05) is 18.2 Å². The topological polar surface area (TPSA) is 38.3 Å². The lowest BCUT2D eigenvalue weighted by Gasteiger charge is -2.21. The summed E-state index contributed by atoms with van der Waals surface area (Å²) < 4.78 is 5.38. The first-order chi connectivity index (χ1) is 8.25. The Morgan fingerprint density at radius 1 is 1.47 bits per heavy atom. The summed E-state index contributed by atoms with van der Waals surface area (Å²) in [6.45, 7) is 3.57. The molecule has 1 atom stereocenters. The average Bonchev–Trinajstić information content (AvgIpc) is 2.33. The van der Waals surface area contributed by atoms with Gasteiger partial charge in [0, 0.05) is 25.3 Å². The summed E-state index contributed by atoms with van der Waals surface area (Å²) in [5.41, 5.74) is 2.01. The van der Waals surface area contributed by atoms with Gasteiger partial charge < -0.3 is 10.1 Å². The molecular formula is C14H19NO2. The number of para-hydroxylation sites is 1. The smallest absolute Gasteiger partial charge is 0.224 e. The molecule has 92 valence electrons. The fourth-order valence-corrected chi connectivity index (χ4v) is 2.14. The Bertz CT molecular complexity index is 384. The maximum Gasteiger partial charge on any atom is 0.224 e. The Morgan fingerprint density at radius 3 is 3.00 bits per heavy atom. The molecule has 1 aliphatic rings. The number of nitrogens with one attached hydrogen (secondary N) is 1. The fraction of sp³-hybridized carbons (Fsp3) is 0.500. The number of rotatable bonds is 3. The molecule has 3 heteroatoms. The summed E-state index contributed by atoms with van der Waals surface area (Å²) in [7, 11) is 0. The van der Waals surface area contributed by atoms with E-state index in [0.717, 1.165) is 37.3 Å². The van der Waals surface area contributed by atoms with Crippen LogP contribution < -0.4 is 5.32 Å². The molecule has 0 spiro atoms. The molecule has 1 unspecified atom stereocenters. The highest BCUT2D eigenvalue weighted by Crippen LogP contribution is 2.19. The van der Waals surface area contributed by atoms with Crippen molar-refractivity contribution in [3.8, 4) is 0 Å². The first kappa shape index (κ1) is 12.1. The van der Waals surface area contributed by atoms with Crippen LogP contribution in [0.5, 0.6) is 0 Å². The molecule has 1 aromatic rings. The van der Waals surface area contributed by atoms with Gasteiger partial charge in [0.15, 0.2) is 0 Å². The van der Waals surface area contributed by atoms with Crippen molar-refractivity contribution in [1.29, 1.82) is 0 Å². The van der Waals surface area contributed by atoms with Crippen molar-refractivity contribution in [3.05, 3.63) is 29.8 Å². The molecule has 1 saturated heterocycles. The van der Waals surface area contributed by atoms with Crippen molar-refractivity contribution in [3.63, 3.8) is 0 Å². The van der Waals surface area contributed by atoms with Gasteiger partial charge in [0.1, 0.15) is 0 Å². The summed E-state index contributed by atoms with van der Waals surface area (Å²) in [6.07, 6.45) is 2.73. The van der Waals surface area contributed by atoms with Gasteiger partial charge in [-0.15, -0.1) is 0 Å². The summed E-state index contributed by atoms with van der Waals surface area (Å²) >= 11 is 0. The standard InChI is InChI=1S/C14H19NO2/c1-11-5-2-3-7-13(11)15-14(16)9-12-6-4-8-17-10-12/h2-3,5,7,12H,4,6,8-10H2,1H3,(H,15,16). The zero-order chi connectivity index (χ0) is 12.1. The van der Waals surface area contributed by atoms with Crippen LogP contribution in [0.3, 0.4) is 0 Å².